The average molecular weight is 283 g/mol. The topological polar surface area (TPSA) is 66.4 Å². The first-order valence-electron chi connectivity index (χ1n) is 6.37. The van der Waals surface area contributed by atoms with Crippen LogP contribution in [-0.2, 0) is 9.59 Å². The molecule has 2 N–H and O–H groups in total. The molecule has 108 valence electrons. The van der Waals surface area contributed by atoms with Gasteiger partial charge in [0.25, 0.3) is 0 Å². The molecule has 1 aromatic rings. The Bertz CT molecular complexity index is 547. The summed E-state index contributed by atoms with van der Waals surface area (Å²) in [5.74, 6) is -4.74. The summed E-state index contributed by atoms with van der Waals surface area (Å²) in [4.78, 5) is 23.2. The summed E-state index contributed by atoms with van der Waals surface area (Å²) >= 11 is 0. The van der Waals surface area contributed by atoms with Crippen molar-refractivity contribution in [2.75, 3.05) is 5.32 Å². The number of carboxylic acids is 1. The smallest absolute Gasteiger partial charge is 0.307 e. The molecule has 20 heavy (non-hydrogen) atoms. The van der Waals surface area contributed by atoms with Crippen molar-refractivity contribution in [3.63, 3.8) is 0 Å². The minimum absolute atomic E-state index is 0.123. The van der Waals surface area contributed by atoms with Gasteiger partial charge in [0.2, 0.25) is 5.91 Å². The zero-order valence-corrected chi connectivity index (χ0v) is 10.9. The molecule has 1 amide bonds. The van der Waals surface area contributed by atoms with Gasteiger partial charge in [-0.2, -0.15) is 0 Å². The number of carbonyl (C=O) groups excluding carboxylic acids is 1. The standard InChI is InChI=1S/C14H15F2NO3/c1-7-4-9(10(5-7)14(19)20)13(18)17-8-2-3-11(15)12(16)6-8/h2-3,6-7,9-10H,4-5H2,1H3,(H,17,18)(H,19,20). The molecule has 1 aliphatic rings. The van der Waals surface area contributed by atoms with Gasteiger partial charge in [0.1, 0.15) is 0 Å². The van der Waals surface area contributed by atoms with Crippen LogP contribution in [0.4, 0.5) is 14.5 Å². The van der Waals surface area contributed by atoms with Crippen LogP contribution in [0, 0.1) is 29.4 Å². The normalized spacial score (nSPS) is 25.4. The highest BCUT2D eigenvalue weighted by Crippen LogP contribution is 2.37. The first kappa shape index (κ1) is 14.4. The first-order valence-corrected chi connectivity index (χ1v) is 6.37. The van der Waals surface area contributed by atoms with Crippen molar-refractivity contribution in [3.05, 3.63) is 29.8 Å². The number of halogens is 2. The first-order chi connectivity index (χ1) is 9.38. The molecule has 4 nitrogen and oxygen atoms in total. The number of anilines is 1. The molecule has 0 aliphatic heterocycles. The van der Waals surface area contributed by atoms with Crippen LogP contribution in [0.2, 0.25) is 0 Å². The number of rotatable bonds is 3. The fourth-order valence-electron chi connectivity index (χ4n) is 2.66. The van der Waals surface area contributed by atoms with E-state index in [1.165, 1.54) is 6.07 Å². The van der Waals surface area contributed by atoms with E-state index in [1.807, 2.05) is 6.92 Å². The highest BCUT2D eigenvalue weighted by atomic mass is 19.2. The minimum Gasteiger partial charge on any atom is -0.481 e. The number of benzene rings is 1. The Morgan fingerprint density at radius 2 is 1.85 bits per heavy atom. The predicted octanol–water partition coefficient (Wildman–Crippen LogP) is 2.65. The summed E-state index contributed by atoms with van der Waals surface area (Å²) in [7, 11) is 0. The van der Waals surface area contributed by atoms with Gasteiger partial charge in [-0.05, 0) is 30.9 Å². The Labute approximate surface area is 114 Å². The summed E-state index contributed by atoms with van der Waals surface area (Å²) in [6.07, 6.45) is 0.928. The lowest BCUT2D eigenvalue weighted by atomic mass is 9.95. The second-order valence-corrected chi connectivity index (χ2v) is 5.25. The number of amides is 1. The fourth-order valence-corrected chi connectivity index (χ4v) is 2.66. The van der Waals surface area contributed by atoms with Gasteiger partial charge in [0.05, 0.1) is 11.8 Å². The molecule has 3 unspecified atom stereocenters. The summed E-state index contributed by atoms with van der Waals surface area (Å²) in [5.41, 5.74) is 0.123. The summed E-state index contributed by atoms with van der Waals surface area (Å²) in [6.45, 7) is 1.89. The van der Waals surface area contributed by atoms with Gasteiger partial charge >= 0.3 is 5.97 Å². The Morgan fingerprint density at radius 3 is 2.45 bits per heavy atom. The molecule has 1 fully saturated rings. The van der Waals surface area contributed by atoms with Crippen LogP contribution in [0.3, 0.4) is 0 Å². The van der Waals surface area contributed by atoms with E-state index in [4.69, 9.17) is 5.11 Å². The van der Waals surface area contributed by atoms with Gasteiger partial charge in [-0.3, -0.25) is 9.59 Å². The molecule has 0 aromatic heterocycles. The van der Waals surface area contributed by atoms with E-state index in [9.17, 15) is 18.4 Å². The van der Waals surface area contributed by atoms with Crippen molar-refractivity contribution < 1.29 is 23.5 Å². The van der Waals surface area contributed by atoms with E-state index in [0.717, 1.165) is 12.1 Å². The maximum atomic E-state index is 13.1. The van der Waals surface area contributed by atoms with Crippen LogP contribution in [0.15, 0.2) is 18.2 Å². The number of hydrogen-bond donors (Lipinski definition) is 2. The van der Waals surface area contributed by atoms with Crippen LogP contribution in [0.1, 0.15) is 19.8 Å². The molecule has 0 spiro atoms. The molecular weight excluding hydrogens is 268 g/mol. The van der Waals surface area contributed by atoms with Crippen molar-refractivity contribution in [1.82, 2.24) is 0 Å². The van der Waals surface area contributed by atoms with E-state index >= 15 is 0 Å². The van der Waals surface area contributed by atoms with Gasteiger partial charge in [-0.15, -0.1) is 0 Å². The zero-order valence-electron chi connectivity index (χ0n) is 10.9. The van der Waals surface area contributed by atoms with Crippen molar-refractivity contribution in [1.29, 1.82) is 0 Å². The maximum absolute atomic E-state index is 13.1. The summed E-state index contributed by atoms with van der Waals surface area (Å²) in [6, 6.07) is 3.03. The van der Waals surface area contributed by atoms with Crippen LogP contribution >= 0.6 is 0 Å². The van der Waals surface area contributed by atoms with Gasteiger partial charge in [0, 0.05) is 11.8 Å². The Kier molecular flexibility index (Phi) is 4.01. The lowest BCUT2D eigenvalue weighted by Crippen LogP contribution is -2.30. The maximum Gasteiger partial charge on any atom is 0.307 e. The number of carbonyl (C=O) groups is 2. The predicted molar refractivity (Wildman–Crippen MR) is 68.0 cm³/mol. The molecule has 0 radical (unpaired) electrons. The van der Waals surface area contributed by atoms with Crippen molar-refractivity contribution in [2.45, 2.75) is 19.8 Å². The van der Waals surface area contributed by atoms with E-state index < -0.39 is 35.3 Å². The number of nitrogens with one attached hydrogen (secondary N) is 1. The third kappa shape index (κ3) is 2.95. The van der Waals surface area contributed by atoms with Crippen molar-refractivity contribution >= 4 is 17.6 Å². The molecule has 3 atom stereocenters. The van der Waals surface area contributed by atoms with E-state index in [2.05, 4.69) is 5.32 Å². The monoisotopic (exact) mass is 283 g/mol. The third-order valence-corrected chi connectivity index (χ3v) is 3.64. The highest BCUT2D eigenvalue weighted by molar-refractivity contribution is 5.95. The largest absolute Gasteiger partial charge is 0.481 e. The Balaban J connectivity index is 2.11. The van der Waals surface area contributed by atoms with Gasteiger partial charge in [-0.1, -0.05) is 6.92 Å². The molecule has 0 bridgehead atoms. The molecule has 0 saturated heterocycles. The van der Waals surface area contributed by atoms with E-state index in [0.29, 0.717) is 12.8 Å². The SMILES string of the molecule is CC1CC(C(=O)O)C(C(=O)Nc2ccc(F)c(F)c2)C1. The molecule has 6 heteroatoms. The van der Waals surface area contributed by atoms with Crippen molar-refractivity contribution in [2.24, 2.45) is 17.8 Å². The lowest BCUT2D eigenvalue weighted by Gasteiger charge is -2.15. The van der Waals surface area contributed by atoms with E-state index in [1.54, 1.807) is 0 Å². The fraction of sp³-hybridized carbons (Fsp3) is 0.429. The number of aliphatic carboxylic acids is 1. The summed E-state index contributed by atoms with van der Waals surface area (Å²) in [5, 5.41) is 11.6. The van der Waals surface area contributed by atoms with Gasteiger partial charge < -0.3 is 10.4 Å². The molecule has 2 rings (SSSR count). The zero-order chi connectivity index (χ0) is 14.9. The Hall–Kier alpha value is -1.98. The molecule has 1 aromatic carbocycles. The third-order valence-electron chi connectivity index (χ3n) is 3.64. The summed E-state index contributed by atoms with van der Waals surface area (Å²) < 4.78 is 25.8. The quantitative estimate of drug-likeness (QED) is 0.896. The van der Waals surface area contributed by atoms with Gasteiger partial charge in [0.15, 0.2) is 11.6 Å². The van der Waals surface area contributed by atoms with Crippen LogP contribution in [0.25, 0.3) is 0 Å². The average Bonchev–Trinajstić information content (AvgIpc) is 2.76. The second kappa shape index (κ2) is 5.56. The Morgan fingerprint density at radius 1 is 1.20 bits per heavy atom. The molecule has 1 saturated carbocycles. The van der Waals surface area contributed by atoms with Gasteiger partial charge in [-0.25, -0.2) is 8.78 Å². The lowest BCUT2D eigenvalue weighted by molar-refractivity contribution is -0.145. The number of hydrogen-bond acceptors (Lipinski definition) is 2. The molecule has 1 aliphatic carbocycles. The molecule has 0 heterocycles. The van der Waals surface area contributed by atoms with Crippen LogP contribution in [-0.4, -0.2) is 17.0 Å². The van der Waals surface area contributed by atoms with Crippen molar-refractivity contribution in [3.8, 4) is 0 Å². The molecular formula is C14H15F2NO3. The minimum atomic E-state index is -1.06. The second-order valence-electron chi connectivity index (χ2n) is 5.25. The van der Waals surface area contributed by atoms with Crippen LogP contribution in [0.5, 0.6) is 0 Å². The van der Waals surface area contributed by atoms with Crippen LogP contribution < -0.4 is 5.32 Å². The highest BCUT2D eigenvalue weighted by Gasteiger charge is 2.41. The van der Waals surface area contributed by atoms with E-state index in [-0.39, 0.29) is 11.6 Å². The number of carboxylic acid groups (broad SMARTS) is 1.